The molecular weight excluding hydrogens is 226 g/mol. The summed E-state index contributed by atoms with van der Waals surface area (Å²) in [6, 6.07) is 2.00. The van der Waals surface area contributed by atoms with Crippen molar-refractivity contribution in [2.45, 2.75) is 25.6 Å². The van der Waals surface area contributed by atoms with Gasteiger partial charge >= 0.3 is 0 Å². The fourth-order valence-electron chi connectivity index (χ4n) is 2.40. The number of hydrogen-bond donors (Lipinski definition) is 2. The van der Waals surface area contributed by atoms with Gasteiger partial charge in [-0.25, -0.2) is 8.78 Å². The third-order valence-corrected chi connectivity index (χ3v) is 3.08. The standard InChI is InChI=1S/C12H16F2N2O/c1-7(17)5-16-6-10-9(12(16)4-15)2-8(13)3-11(10)14/h2-3,7,12,17H,4-6,15H2,1H3. The summed E-state index contributed by atoms with van der Waals surface area (Å²) in [5.74, 6) is -1.12. The summed E-state index contributed by atoms with van der Waals surface area (Å²) < 4.78 is 26.8. The lowest BCUT2D eigenvalue weighted by molar-refractivity contribution is 0.105. The first-order valence-electron chi connectivity index (χ1n) is 5.63. The highest BCUT2D eigenvalue weighted by molar-refractivity contribution is 5.36. The van der Waals surface area contributed by atoms with Gasteiger partial charge in [-0.15, -0.1) is 0 Å². The topological polar surface area (TPSA) is 49.5 Å². The van der Waals surface area contributed by atoms with Crippen molar-refractivity contribution >= 4 is 0 Å². The Hall–Kier alpha value is -1.04. The monoisotopic (exact) mass is 242 g/mol. The number of fused-ring (bicyclic) bond motifs is 1. The van der Waals surface area contributed by atoms with Crippen LogP contribution >= 0.6 is 0 Å². The largest absolute Gasteiger partial charge is 0.392 e. The van der Waals surface area contributed by atoms with Gasteiger partial charge in [-0.3, -0.25) is 4.90 Å². The molecule has 1 aromatic rings. The van der Waals surface area contributed by atoms with Crippen LogP contribution in [0.15, 0.2) is 12.1 Å². The predicted octanol–water partition coefficient (Wildman–Crippen LogP) is 1.16. The van der Waals surface area contributed by atoms with Crippen molar-refractivity contribution in [3.8, 4) is 0 Å². The maximum atomic E-state index is 13.6. The van der Waals surface area contributed by atoms with Crippen LogP contribution in [0.2, 0.25) is 0 Å². The molecule has 0 bridgehead atoms. The van der Waals surface area contributed by atoms with Crippen molar-refractivity contribution in [2.75, 3.05) is 13.1 Å². The molecule has 5 heteroatoms. The highest BCUT2D eigenvalue weighted by Crippen LogP contribution is 2.35. The van der Waals surface area contributed by atoms with Crippen LogP contribution in [0, 0.1) is 11.6 Å². The summed E-state index contributed by atoms with van der Waals surface area (Å²) in [5, 5.41) is 9.38. The molecule has 0 saturated heterocycles. The molecule has 17 heavy (non-hydrogen) atoms. The van der Waals surface area contributed by atoms with E-state index in [-0.39, 0.29) is 12.6 Å². The quantitative estimate of drug-likeness (QED) is 0.836. The molecule has 2 rings (SSSR count). The fourth-order valence-corrected chi connectivity index (χ4v) is 2.40. The van der Waals surface area contributed by atoms with E-state index in [0.29, 0.717) is 24.2 Å². The highest BCUT2D eigenvalue weighted by atomic mass is 19.1. The lowest BCUT2D eigenvalue weighted by atomic mass is 10.0. The first-order chi connectivity index (χ1) is 8.02. The molecule has 2 unspecified atom stereocenters. The van der Waals surface area contributed by atoms with Gasteiger partial charge in [0.2, 0.25) is 0 Å². The third-order valence-electron chi connectivity index (χ3n) is 3.08. The molecule has 1 heterocycles. The summed E-state index contributed by atoms with van der Waals surface area (Å²) in [6.07, 6.45) is -0.522. The van der Waals surface area contributed by atoms with Crippen LogP contribution in [-0.4, -0.2) is 29.2 Å². The van der Waals surface area contributed by atoms with Gasteiger partial charge in [0, 0.05) is 37.3 Å². The zero-order chi connectivity index (χ0) is 12.6. The minimum absolute atomic E-state index is 0.218. The van der Waals surface area contributed by atoms with Gasteiger partial charge in [0.05, 0.1) is 6.10 Å². The number of aliphatic hydroxyl groups excluding tert-OH is 1. The van der Waals surface area contributed by atoms with Crippen molar-refractivity contribution in [1.29, 1.82) is 0 Å². The smallest absolute Gasteiger partial charge is 0.130 e. The Morgan fingerprint density at radius 2 is 2.24 bits per heavy atom. The molecule has 0 fully saturated rings. The minimum atomic E-state index is -0.585. The molecule has 1 aromatic carbocycles. The molecule has 94 valence electrons. The van der Waals surface area contributed by atoms with Gasteiger partial charge in [-0.05, 0) is 18.6 Å². The number of benzene rings is 1. The Kier molecular flexibility index (Phi) is 3.42. The lowest BCUT2D eigenvalue weighted by Crippen LogP contribution is -2.33. The maximum absolute atomic E-state index is 13.6. The van der Waals surface area contributed by atoms with Crippen LogP contribution in [0.5, 0.6) is 0 Å². The van der Waals surface area contributed by atoms with Crippen molar-refractivity contribution in [3.63, 3.8) is 0 Å². The minimum Gasteiger partial charge on any atom is -0.392 e. The van der Waals surface area contributed by atoms with Gasteiger partial charge in [0.25, 0.3) is 0 Å². The Labute approximate surface area is 98.8 Å². The number of rotatable bonds is 3. The molecule has 0 aromatic heterocycles. The average Bonchev–Trinajstić information content (AvgIpc) is 2.54. The summed E-state index contributed by atoms with van der Waals surface area (Å²) in [6.45, 7) is 2.71. The van der Waals surface area contributed by atoms with E-state index in [2.05, 4.69) is 0 Å². The number of nitrogens with zero attached hydrogens (tertiary/aromatic N) is 1. The first kappa shape index (κ1) is 12.4. The van der Waals surface area contributed by atoms with E-state index in [1.807, 2.05) is 4.90 Å². The van der Waals surface area contributed by atoms with E-state index < -0.39 is 17.7 Å². The molecule has 0 radical (unpaired) electrons. The lowest BCUT2D eigenvalue weighted by Gasteiger charge is -2.24. The highest BCUT2D eigenvalue weighted by Gasteiger charge is 2.32. The summed E-state index contributed by atoms with van der Waals surface area (Å²) in [5.41, 5.74) is 6.74. The number of nitrogens with two attached hydrogens (primary N) is 1. The van der Waals surface area contributed by atoms with Crippen LogP contribution in [0.4, 0.5) is 8.78 Å². The molecular formula is C12H16F2N2O. The van der Waals surface area contributed by atoms with Crippen LogP contribution in [0.25, 0.3) is 0 Å². The van der Waals surface area contributed by atoms with E-state index in [4.69, 9.17) is 5.73 Å². The van der Waals surface area contributed by atoms with Gasteiger partial charge in [0.1, 0.15) is 11.6 Å². The number of hydrogen-bond acceptors (Lipinski definition) is 3. The third kappa shape index (κ3) is 2.31. The van der Waals surface area contributed by atoms with Gasteiger partial charge in [-0.2, -0.15) is 0 Å². The average molecular weight is 242 g/mol. The number of β-amino-alcohol motifs (C(OH)–C–C–N with tert-alkyl or cyclic N) is 1. The number of aliphatic hydroxyl groups is 1. The van der Waals surface area contributed by atoms with E-state index in [9.17, 15) is 13.9 Å². The van der Waals surface area contributed by atoms with Crippen LogP contribution in [0.3, 0.4) is 0 Å². The van der Waals surface area contributed by atoms with E-state index in [0.717, 1.165) is 6.07 Å². The molecule has 0 spiro atoms. The second-order valence-corrected chi connectivity index (χ2v) is 4.49. The Morgan fingerprint density at radius 3 is 2.82 bits per heavy atom. The predicted molar refractivity (Wildman–Crippen MR) is 60.2 cm³/mol. The van der Waals surface area contributed by atoms with E-state index >= 15 is 0 Å². The Bertz CT molecular complexity index is 423. The van der Waals surface area contributed by atoms with Gasteiger partial charge in [0.15, 0.2) is 0 Å². The molecule has 3 nitrogen and oxygen atoms in total. The molecule has 1 aliphatic heterocycles. The van der Waals surface area contributed by atoms with Crippen molar-refractivity contribution in [3.05, 3.63) is 34.9 Å². The van der Waals surface area contributed by atoms with Crippen molar-refractivity contribution < 1.29 is 13.9 Å². The van der Waals surface area contributed by atoms with Crippen molar-refractivity contribution in [2.24, 2.45) is 5.73 Å². The summed E-state index contributed by atoms with van der Waals surface area (Å²) >= 11 is 0. The van der Waals surface area contributed by atoms with E-state index in [1.54, 1.807) is 6.92 Å². The fraction of sp³-hybridized carbons (Fsp3) is 0.500. The summed E-state index contributed by atoms with van der Waals surface area (Å²) in [7, 11) is 0. The van der Waals surface area contributed by atoms with Crippen LogP contribution in [-0.2, 0) is 6.54 Å². The number of halogens is 2. The van der Waals surface area contributed by atoms with Crippen LogP contribution in [0.1, 0.15) is 24.1 Å². The molecule has 2 atom stereocenters. The maximum Gasteiger partial charge on any atom is 0.130 e. The second-order valence-electron chi connectivity index (χ2n) is 4.49. The first-order valence-corrected chi connectivity index (χ1v) is 5.63. The zero-order valence-electron chi connectivity index (χ0n) is 9.66. The normalized spacial score (nSPS) is 21.6. The van der Waals surface area contributed by atoms with Crippen LogP contribution < -0.4 is 5.73 Å². The van der Waals surface area contributed by atoms with Gasteiger partial charge in [-0.1, -0.05) is 0 Å². The Morgan fingerprint density at radius 1 is 1.53 bits per heavy atom. The van der Waals surface area contributed by atoms with Gasteiger partial charge < -0.3 is 10.8 Å². The van der Waals surface area contributed by atoms with Crippen molar-refractivity contribution in [1.82, 2.24) is 4.90 Å². The Balaban J connectivity index is 2.34. The zero-order valence-corrected chi connectivity index (χ0v) is 9.66. The molecule has 0 saturated carbocycles. The molecule has 0 amide bonds. The second kappa shape index (κ2) is 4.68. The SMILES string of the molecule is CC(O)CN1Cc2c(F)cc(F)cc2C1CN. The van der Waals surface area contributed by atoms with E-state index in [1.165, 1.54) is 6.07 Å². The molecule has 0 aliphatic carbocycles. The summed E-state index contributed by atoms with van der Waals surface area (Å²) in [4.78, 5) is 1.87. The molecule has 1 aliphatic rings. The molecule has 3 N–H and O–H groups in total.